The molecule has 4 unspecified atom stereocenters. The van der Waals surface area contributed by atoms with Crippen LogP contribution in [-0.4, -0.2) is 101 Å². The van der Waals surface area contributed by atoms with E-state index in [9.17, 15) is 46.6 Å². The zero-order valence-electron chi connectivity index (χ0n) is 28.8. The predicted molar refractivity (Wildman–Crippen MR) is 164 cm³/mol. The van der Waals surface area contributed by atoms with E-state index in [-0.39, 0.29) is 17.9 Å². The molecule has 0 aliphatic heterocycles. The number of carboxylic acid groups (broad SMARTS) is 1. The number of halogens is 4. The number of carboxylic acids is 1. The van der Waals surface area contributed by atoms with E-state index in [1.807, 2.05) is 13.8 Å². The fourth-order valence-corrected chi connectivity index (χ4v) is 4.34. The molecule has 0 radical (unpaired) electrons. The Labute approximate surface area is 277 Å². The Hall–Kier alpha value is -4.11. The molecule has 1 rings (SSSR count). The zero-order valence-corrected chi connectivity index (χ0v) is 28.8. The van der Waals surface area contributed by atoms with Crippen molar-refractivity contribution in [3.63, 3.8) is 0 Å². The number of hydrogen-bond acceptors (Lipinski definition) is 9. The fourth-order valence-electron chi connectivity index (χ4n) is 4.34. The molecule has 0 bridgehead atoms. The van der Waals surface area contributed by atoms with Gasteiger partial charge in [-0.3, -0.25) is 9.69 Å². The molecule has 0 saturated heterocycles. The van der Waals surface area contributed by atoms with Crippen LogP contribution in [0.5, 0.6) is 5.75 Å². The first-order valence-electron chi connectivity index (χ1n) is 15.1. The maximum atomic E-state index is 14.9. The summed E-state index contributed by atoms with van der Waals surface area (Å²) in [5, 5.41) is 9.70. The first-order valence-corrected chi connectivity index (χ1v) is 15.1. The zero-order chi connectivity index (χ0) is 37.4. The van der Waals surface area contributed by atoms with Crippen LogP contribution < -0.4 is 4.74 Å². The lowest BCUT2D eigenvalue weighted by molar-refractivity contribution is -0.274. The average Bonchev–Trinajstić information content (AvgIpc) is 2.91. The maximum Gasteiger partial charge on any atom is 0.573 e. The molecule has 0 saturated carbocycles. The van der Waals surface area contributed by atoms with Crippen molar-refractivity contribution < 1.29 is 65.6 Å². The molecule has 12 nitrogen and oxygen atoms in total. The molecule has 1 aromatic carbocycles. The molecule has 0 aliphatic carbocycles. The number of likely N-dealkylation sites (N-methyl/N-ethyl adjacent to an activating group) is 2. The van der Waals surface area contributed by atoms with E-state index in [1.54, 1.807) is 20.8 Å². The van der Waals surface area contributed by atoms with Gasteiger partial charge in [-0.15, -0.1) is 13.2 Å². The second-order valence-electron chi connectivity index (χ2n) is 13.4. The number of esters is 2. The first-order chi connectivity index (χ1) is 21.7. The highest BCUT2D eigenvalue weighted by molar-refractivity contribution is 5.90. The number of aliphatic carboxylic acids is 1. The molecule has 0 fully saturated rings. The third-order valence-corrected chi connectivity index (χ3v) is 6.63. The molecule has 1 aromatic rings. The Morgan fingerprint density at radius 1 is 0.812 bits per heavy atom. The van der Waals surface area contributed by atoms with Crippen LogP contribution in [-0.2, 0) is 39.8 Å². The number of benzene rings is 1. The second-order valence-corrected chi connectivity index (χ2v) is 13.4. The van der Waals surface area contributed by atoms with Crippen molar-refractivity contribution in [3.05, 3.63) is 29.8 Å². The summed E-state index contributed by atoms with van der Waals surface area (Å²) in [4.78, 5) is 66.4. The minimum atomic E-state index is -4.94. The molecule has 272 valence electrons. The highest BCUT2D eigenvalue weighted by Gasteiger charge is 2.40. The maximum absolute atomic E-state index is 14.9. The molecule has 0 spiro atoms. The summed E-state index contributed by atoms with van der Waals surface area (Å²) in [7, 11) is 2.47. The van der Waals surface area contributed by atoms with Gasteiger partial charge in [0.15, 0.2) is 6.10 Å². The van der Waals surface area contributed by atoms with Crippen molar-refractivity contribution in [1.29, 1.82) is 0 Å². The average molecular weight is 695 g/mol. The first kappa shape index (κ1) is 41.9. The lowest BCUT2D eigenvalue weighted by atomic mass is 9.99. The van der Waals surface area contributed by atoms with E-state index in [4.69, 9.17) is 14.2 Å². The summed E-state index contributed by atoms with van der Waals surface area (Å²) in [5.74, 6) is -5.43. The van der Waals surface area contributed by atoms with Gasteiger partial charge in [0.1, 0.15) is 29.1 Å². The number of hydrogen-bond donors (Lipinski definition) is 1. The second kappa shape index (κ2) is 16.8. The lowest BCUT2D eigenvalue weighted by Crippen LogP contribution is -2.52. The van der Waals surface area contributed by atoms with Crippen molar-refractivity contribution in [3.8, 4) is 5.75 Å². The highest BCUT2D eigenvalue weighted by atomic mass is 19.4. The van der Waals surface area contributed by atoms with Crippen molar-refractivity contribution in [2.45, 2.75) is 117 Å². The Morgan fingerprint density at radius 2 is 1.33 bits per heavy atom. The van der Waals surface area contributed by atoms with E-state index in [0.717, 1.165) is 55.0 Å². The Morgan fingerprint density at radius 3 is 1.77 bits per heavy atom. The van der Waals surface area contributed by atoms with Gasteiger partial charge < -0.3 is 29.0 Å². The number of carbonyl (C=O) groups excluding carboxylic acids is 4. The molecule has 4 atom stereocenters. The number of carbonyl (C=O) groups is 5. The van der Waals surface area contributed by atoms with Crippen LogP contribution in [0, 0.1) is 5.92 Å². The predicted octanol–water partition coefficient (Wildman–Crippen LogP) is 5.30. The van der Waals surface area contributed by atoms with Gasteiger partial charge in [-0.25, -0.2) is 23.6 Å². The number of alkyl halides is 4. The van der Waals surface area contributed by atoms with Crippen LogP contribution in [0.2, 0.25) is 0 Å². The molecule has 0 heterocycles. The summed E-state index contributed by atoms with van der Waals surface area (Å²) in [6, 6.07) is 1.36. The van der Waals surface area contributed by atoms with Crippen LogP contribution in [0.25, 0.3) is 0 Å². The van der Waals surface area contributed by atoms with Gasteiger partial charge in [-0.05, 0) is 71.6 Å². The standard InChI is InChI=1S/C32H46F4N2O10/c1-18(2)15-22(38(10)29(44)48-30(4,5)6)27(42)45-19(3)25(39)37(9)23(17-31(7,8)33)28(43)46-24(26(40)41)16-20-11-13-21(14-12-20)47-32(34,35)36/h11-14,18-19,22-24H,15-17H2,1-10H3,(H,40,41). The van der Waals surface area contributed by atoms with E-state index in [0.29, 0.717) is 0 Å². The smallest absolute Gasteiger partial charge is 0.478 e. The molecular formula is C32H46F4N2O10. The largest absolute Gasteiger partial charge is 0.573 e. The quantitative estimate of drug-likeness (QED) is 0.146. The van der Waals surface area contributed by atoms with E-state index < -0.39 is 90.4 Å². The van der Waals surface area contributed by atoms with E-state index in [1.165, 1.54) is 14.0 Å². The summed E-state index contributed by atoms with van der Waals surface area (Å²) in [5.41, 5.74) is -2.75. The SMILES string of the molecule is CC(C)CC(C(=O)OC(C)C(=O)N(C)C(CC(C)(C)F)C(=O)OC(Cc1ccc(OC(F)(F)F)cc1)C(=O)O)N(C)C(=O)OC(C)(C)C. The van der Waals surface area contributed by atoms with Crippen LogP contribution in [0.1, 0.15) is 73.8 Å². The minimum Gasteiger partial charge on any atom is -0.478 e. The van der Waals surface area contributed by atoms with Gasteiger partial charge in [0.05, 0.1) is 0 Å². The summed E-state index contributed by atoms with van der Waals surface area (Å²) in [6.07, 6.45) is -10.1. The number of rotatable bonds is 15. The van der Waals surface area contributed by atoms with Crippen molar-refractivity contribution in [1.82, 2.24) is 9.80 Å². The minimum absolute atomic E-state index is 0.0830. The Bertz CT molecular complexity index is 1270. The van der Waals surface area contributed by atoms with Gasteiger partial charge in [0, 0.05) is 26.9 Å². The third kappa shape index (κ3) is 14.8. The van der Waals surface area contributed by atoms with Crippen molar-refractivity contribution in [2.75, 3.05) is 14.1 Å². The molecule has 0 aromatic heterocycles. The number of ether oxygens (including phenoxy) is 4. The van der Waals surface area contributed by atoms with E-state index >= 15 is 0 Å². The van der Waals surface area contributed by atoms with Gasteiger partial charge >= 0.3 is 30.4 Å². The van der Waals surface area contributed by atoms with Gasteiger partial charge in [-0.1, -0.05) is 26.0 Å². The van der Waals surface area contributed by atoms with E-state index in [2.05, 4.69) is 4.74 Å². The molecule has 0 aliphatic rings. The highest BCUT2D eigenvalue weighted by Crippen LogP contribution is 2.25. The topological polar surface area (TPSA) is 149 Å². The molecule has 2 amide bonds. The van der Waals surface area contributed by atoms with Crippen LogP contribution >= 0.6 is 0 Å². The normalized spacial score (nSPS) is 14.6. The van der Waals surface area contributed by atoms with Crippen molar-refractivity contribution in [2.24, 2.45) is 5.92 Å². The molecular weight excluding hydrogens is 648 g/mol. The molecule has 16 heteroatoms. The van der Waals surface area contributed by atoms with Gasteiger partial charge in [0.25, 0.3) is 5.91 Å². The van der Waals surface area contributed by atoms with Gasteiger partial charge in [0.2, 0.25) is 6.10 Å². The summed E-state index contributed by atoms with van der Waals surface area (Å²) >= 11 is 0. The third-order valence-electron chi connectivity index (χ3n) is 6.63. The Balaban J connectivity index is 3.17. The van der Waals surface area contributed by atoms with Crippen LogP contribution in [0.15, 0.2) is 24.3 Å². The lowest BCUT2D eigenvalue weighted by Gasteiger charge is -2.33. The Kier molecular flexibility index (Phi) is 14.7. The van der Waals surface area contributed by atoms with Crippen LogP contribution in [0.3, 0.4) is 0 Å². The monoisotopic (exact) mass is 694 g/mol. The van der Waals surface area contributed by atoms with Gasteiger partial charge in [-0.2, -0.15) is 0 Å². The van der Waals surface area contributed by atoms with Crippen LogP contribution in [0.4, 0.5) is 22.4 Å². The fraction of sp³-hybridized carbons (Fsp3) is 0.656. The summed E-state index contributed by atoms with van der Waals surface area (Å²) in [6.45, 7) is 12.0. The molecule has 48 heavy (non-hydrogen) atoms. The molecule has 1 N–H and O–H groups in total. The summed E-state index contributed by atoms with van der Waals surface area (Å²) < 4.78 is 71.9. The van der Waals surface area contributed by atoms with Crippen molar-refractivity contribution >= 4 is 29.9 Å². The number of nitrogens with zero attached hydrogens (tertiary/aromatic N) is 2. The number of amides is 2.